The first kappa shape index (κ1) is 15.3. The molecule has 0 aliphatic heterocycles. The number of carbonyl (C=O) groups is 1. The van der Waals surface area contributed by atoms with Gasteiger partial charge in [-0.15, -0.1) is 0 Å². The summed E-state index contributed by atoms with van der Waals surface area (Å²) in [6.07, 6.45) is -0.266. The maximum Gasteiger partial charge on any atom is 0.307 e. The molecule has 2 aromatic rings. The van der Waals surface area contributed by atoms with Crippen LogP contribution in [0.5, 0.6) is 5.75 Å². The molecular formula is C15H19FN2O3. The van der Waals surface area contributed by atoms with Crippen LogP contribution in [0.4, 0.5) is 4.39 Å². The zero-order chi connectivity index (χ0) is 15.7. The average Bonchev–Trinajstić information content (AvgIpc) is 2.65. The fourth-order valence-corrected chi connectivity index (χ4v) is 2.55. The average molecular weight is 294 g/mol. The van der Waals surface area contributed by atoms with Crippen molar-refractivity contribution in [2.24, 2.45) is 0 Å². The monoisotopic (exact) mass is 294 g/mol. The first-order chi connectivity index (χ1) is 9.82. The summed E-state index contributed by atoms with van der Waals surface area (Å²) in [7, 11) is 3.87. The Labute approximate surface area is 122 Å². The zero-order valence-corrected chi connectivity index (χ0v) is 12.4. The van der Waals surface area contributed by atoms with E-state index in [2.05, 4.69) is 0 Å². The highest BCUT2D eigenvalue weighted by Crippen LogP contribution is 2.33. The molecule has 0 radical (unpaired) electrons. The van der Waals surface area contributed by atoms with Crippen LogP contribution < -0.4 is 0 Å². The van der Waals surface area contributed by atoms with Crippen molar-refractivity contribution < 1.29 is 19.4 Å². The van der Waals surface area contributed by atoms with E-state index in [9.17, 15) is 14.3 Å². The Morgan fingerprint density at radius 3 is 2.62 bits per heavy atom. The Balaban J connectivity index is 2.66. The van der Waals surface area contributed by atoms with Gasteiger partial charge in [0, 0.05) is 24.2 Å². The third-order valence-electron chi connectivity index (χ3n) is 3.63. The van der Waals surface area contributed by atoms with Crippen LogP contribution >= 0.6 is 0 Å². The molecule has 0 bridgehead atoms. The van der Waals surface area contributed by atoms with Gasteiger partial charge in [0.2, 0.25) is 0 Å². The number of carboxylic acids is 1. The first-order valence-corrected chi connectivity index (χ1v) is 6.68. The van der Waals surface area contributed by atoms with Crippen LogP contribution in [0.3, 0.4) is 0 Å². The van der Waals surface area contributed by atoms with Gasteiger partial charge in [0.05, 0.1) is 11.9 Å². The van der Waals surface area contributed by atoms with Crippen molar-refractivity contribution in [1.29, 1.82) is 0 Å². The van der Waals surface area contributed by atoms with Crippen molar-refractivity contribution in [3.63, 3.8) is 0 Å². The van der Waals surface area contributed by atoms with Gasteiger partial charge in [-0.1, -0.05) is 0 Å². The highest BCUT2D eigenvalue weighted by Gasteiger charge is 2.21. The lowest BCUT2D eigenvalue weighted by Gasteiger charge is -2.13. The molecule has 0 atom stereocenters. The van der Waals surface area contributed by atoms with Crippen LogP contribution in [-0.2, 0) is 17.8 Å². The molecule has 0 unspecified atom stereocenters. The number of aliphatic carboxylic acids is 1. The van der Waals surface area contributed by atoms with E-state index in [0.717, 1.165) is 12.2 Å². The summed E-state index contributed by atoms with van der Waals surface area (Å²) in [4.78, 5) is 13.0. The van der Waals surface area contributed by atoms with Crippen molar-refractivity contribution in [1.82, 2.24) is 9.47 Å². The summed E-state index contributed by atoms with van der Waals surface area (Å²) >= 11 is 0. The largest absolute Gasteiger partial charge is 0.505 e. The molecule has 21 heavy (non-hydrogen) atoms. The quantitative estimate of drug-likeness (QED) is 0.885. The molecule has 0 fully saturated rings. The molecule has 5 nitrogen and oxygen atoms in total. The van der Waals surface area contributed by atoms with Crippen LogP contribution in [0.15, 0.2) is 12.1 Å². The van der Waals surface area contributed by atoms with Crippen LogP contribution in [0.2, 0.25) is 0 Å². The number of nitrogens with zero attached hydrogens (tertiary/aromatic N) is 2. The van der Waals surface area contributed by atoms with E-state index in [1.165, 1.54) is 6.07 Å². The van der Waals surface area contributed by atoms with Crippen LogP contribution in [0.25, 0.3) is 10.9 Å². The van der Waals surface area contributed by atoms with Gasteiger partial charge < -0.3 is 19.7 Å². The van der Waals surface area contributed by atoms with E-state index in [-0.39, 0.29) is 11.8 Å². The van der Waals surface area contributed by atoms with Gasteiger partial charge in [-0.3, -0.25) is 4.79 Å². The molecule has 2 rings (SSSR count). The Morgan fingerprint density at radius 1 is 1.38 bits per heavy atom. The highest BCUT2D eigenvalue weighted by molar-refractivity contribution is 5.90. The molecule has 1 heterocycles. The predicted octanol–water partition coefficient (Wildman–Crippen LogP) is 1.98. The number of carboxylic acid groups (broad SMARTS) is 1. The first-order valence-electron chi connectivity index (χ1n) is 6.68. The number of halogens is 1. The molecule has 0 spiro atoms. The molecule has 0 saturated carbocycles. The number of aromatic hydroxyl groups is 1. The van der Waals surface area contributed by atoms with Gasteiger partial charge in [-0.25, -0.2) is 4.39 Å². The molecule has 0 amide bonds. The zero-order valence-electron chi connectivity index (χ0n) is 12.4. The maximum absolute atomic E-state index is 14.2. The second-order valence-electron chi connectivity index (χ2n) is 5.38. The SMILES string of the molecule is Cc1c(CC(=O)O)c2c(F)c(O)ccc2n1CCN(C)C. The topological polar surface area (TPSA) is 65.7 Å². The lowest BCUT2D eigenvalue weighted by molar-refractivity contribution is -0.136. The minimum atomic E-state index is -1.02. The predicted molar refractivity (Wildman–Crippen MR) is 78.2 cm³/mol. The summed E-state index contributed by atoms with van der Waals surface area (Å²) in [5.74, 6) is -2.23. The van der Waals surface area contributed by atoms with Gasteiger partial charge in [-0.05, 0) is 38.7 Å². The van der Waals surface area contributed by atoms with Gasteiger partial charge in [0.15, 0.2) is 11.6 Å². The van der Waals surface area contributed by atoms with E-state index in [1.807, 2.05) is 23.6 Å². The number of phenolic OH excluding ortho intramolecular Hbond substituents is 1. The lowest BCUT2D eigenvalue weighted by Crippen LogP contribution is -2.19. The fourth-order valence-electron chi connectivity index (χ4n) is 2.55. The van der Waals surface area contributed by atoms with E-state index in [1.54, 1.807) is 13.0 Å². The van der Waals surface area contributed by atoms with Gasteiger partial charge in [-0.2, -0.15) is 0 Å². The molecule has 6 heteroatoms. The summed E-state index contributed by atoms with van der Waals surface area (Å²) in [6.45, 7) is 3.16. The number of fused-ring (bicyclic) bond motifs is 1. The van der Waals surface area contributed by atoms with Crippen molar-refractivity contribution >= 4 is 16.9 Å². The van der Waals surface area contributed by atoms with Gasteiger partial charge >= 0.3 is 5.97 Å². The van der Waals surface area contributed by atoms with E-state index in [4.69, 9.17) is 5.11 Å². The summed E-state index contributed by atoms with van der Waals surface area (Å²) in [5, 5.41) is 18.8. The Kier molecular flexibility index (Phi) is 4.18. The van der Waals surface area contributed by atoms with E-state index in [0.29, 0.717) is 17.6 Å². The van der Waals surface area contributed by atoms with Crippen LogP contribution in [0.1, 0.15) is 11.3 Å². The Hall–Kier alpha value is -2.08. The molecular weight excluding hydrogens is 275 g/mol. The molecule has 1 aromatic carbocycles. The standard InChI is InChI=1S/C15H19FN2O3/c1-9-10(8-13(20)21)14-11(4-5-12(19)15(14)16)18(9)7-6-17(2)3/h4-5,19H,6-8H2,1-3H3,(H,20,21). The summed E-state index contributed by atoms with van der Waals surface area (Å²) in [5.41, 5.74) is 1.75. The number of hydrogen-bond donors (Lipinski definition) is 2. The van der Waals surface area contributed by atoms with Gasteiger partial charge in [0.1, 0.15) is 0 Å². The van der Waals surface area contributed by atoms with E-state index >= 15 is 0 Å². The molecule has 114 valence electrons. The lowest BCUT2D eigenvalue weighted by atomic mass is 10.1. The van der Waals surface area contributed by atoms with Crippen LogP contribution in [0, 0.1) is 12.7 Å². The van der Waals surface area contributed by atoms with Crippen LogP contribution in [-0.4, -0.2) is 46.3 Å². The summed E-state index contributed by atoms with van der Waals surface area (Å²) in [6, 6.07) is 2.93. The smallest absolute Gasteiger partial charge is 0.307 e. The fraction of sp³-hybridized carbons (Fsp3) is 0.400. The minimum Gasteiger partial charge on any atom is -0.505 e. The van der Waals surface area contributed by atoms with Crippen molar-refractivity contribution in [3.8, 4) is 5.75 Å². The van der Waals surface area contributed by atoms with Crippen molar-refractivity contribution in [3.05, 3.63) is 29.2 Å². The third-order valence-corrected chi connectivity index (χ3v) is 3.63. The van der Waals surface area contributed by atoms with Crippen molar-refractivity contribution in [2.75, 3.05) is 20.6 Å². The van der Waals surface area contributed by atoms with Gasteiger partial charge in [0.25, 0.3) is 0 Å². The number of aromatic nitrogens is 1. The molecule has 0 aliphatic rings. The molecule has 0 saturated heterocycles. The highest BCUT2D eigenvalue weighted by atomic mass is 19.1. The number of phenols is 1. The minimum absolute atomic E-state index is 0.202. The maximum atomic E-state index is 14.2. The number of hydrogen-bond acceptors (Lipinski definition) is 3. The molecule has 1 aromatic heterocycles. The molecule has 2 N–H and O–H groups in total. The second kappa shape index (κ2) is 5.73. The Morgan fingerprint density at radius 2 is 2.05 bits per heavy atom. The number of benzene rings is 1. The van der Waals surface area contributed by atoms with E-state index < -0.39 is 17.5 Å². The van der Waals surface area contributed by atoms with Crippen molar-refractivity contribution in [2.45, 2.75) is 19.9 Å². The molecule has 0 aliphatic carbocycles. The number of likely N-dealkylation sites (N-methyl/N-ethyl adjacent to an activating group) is 1. The third kappa shape index (κ3) is 2.85. The Bertz CT molecular complexity index is 692. The summed E-state index contributed by atoms with van der Waals surface area (Å²) < 4.78 is 16.1. The second-order valence-corrected chi connectivity index (χ2v) is 5.38. The number of rotatable bonds is 5. The normalized spacial score (nSPS) is 11.5.